The van der Waals surface area contributed by atoms with Crippen molar-refractivity contribution < 1.29 is 27.2 Å². The summed E-state index contributed by atoms with van der Waals surface area (Å²) in [7, 11) is 0. The third kappa shape index (κ3) is 5.90. The standard InChI is InChI=1S/C30H24F4N4O2/c1-17-6-7-24(36-15-17)19-10-20(26-14-28(40-38-26)25-5-3-4-8-35-25)12-21(11-19)27(39)9-18(2)29-23(31)13-22(16-37-29)30(32,33)34/h3-8,10-13,15-16,18,28H,9,14H2,1-2H3/t18-,28-/m0/s1. The smallest absolute Gasteiger partial charge is 0.385 e. The maximum Gasteiger partial charge on any atom is 0.417 e. The maximum atomic E-state index is 14.5. The molecule has 0 N–H and O–H groups in total. The number of nitrogens with zero attached hydrogens (tertiary/aromatic N) is 4. The number of carbonyl (C=O) groups excluding carboxylic acids is 1. The summed E-state index contributed by atoms with van der Waals surface area (Å²) in [5.74, 6) is -2.20. The maximum absolute atomic E-state index is 14.5. The van der Waals surface area contributed by atoms with Crippen molar-refractivity contribution in [2.24, 2.45) is 5.16 Å². The average Bonchev–Trinajstić information content (AvgIpc) is 3.44. The largest absolute Gasteiger partial charge is 0.417 e. The van der Waals surface area contributed by atoms with Gasteiger partial charge in [0.25, 0.3) is 0 Å². The topological polar surface area (TPSA) is 77.3 Å². The molecule has 10 heteroatoms. The van der Waals surface area contributed by atoms with Gasteiger partial charge in [-0.15, -0.1) is 0 Å². The first-order valence-electron chi connectivity index (χ1n) is 12.6. The third-order valence-electron chi connectivity index (χ3n) is 6.64. The first kappa shape index (κ1) is 27.1. The molecule has 1 aliphatic rings. The van der Waals surface area contributed by atoms with Gasteiger partial charge in [0.2, 0.25) is 0 Å². The van der Waals surface area contributed by atoms with Crippen molar-refractivity contribution in [3.63, 3.8) is 0 Å². The molecule has 5 rings (SSSR count). The Hall–Kier alpha value is -4.47. The summed E-state index contributed by atoms with van der Waals surface area (Å²) in [5, 5.41) is 4.25. The molecule has 40 heavy (non-hydrogen) atoms. The van der Waals surface area contributed by atoms with Crippen LogP contribution in [0.3, 0.4) is 0 Å². The Morgan fingerprint density at radius 2 is 1.82 bits per heavy atom. The van der Waals surface area contributed by atoms with Gasteiger partial charge < -0.3 is 4.84 Å². The molecule has 0 aliphatic carbocycles. The Labute approximate surface area is 227 Å². The number of halogens is 4. The summed E-state index contributed by atoms with van der Waals surface area (Å²) in [6.07, 6.45) is -0.840. The van der Waals surface area contributed by atoms with Crippen LogP contribution in [-0.2, 0) is 11.0 Å². The van der Waals surface area contributed by atoms with Crippen molar-refractivity contribution in [3.8, 4) is 11.3 Å². The van der Waals surface area contributed by atoms with Crippen molar-refractivity contribution in [1.82, 2.24) is 15.0 Å². The lowest BCUT2D eigenvalue weighted by Gasteiger charge is -2.14. The van der Waals surface area contributed by atoms with Crippen molar-refractivity contribution in [2.45, 2.75) is 44.9 Å². The van der Waals surface area contributed by atoms with Crippen LogP contribution in [0.25, 0.3) is 11.3 Å². The fourth-order valence-electron chi connectivity index (χ4n) is 4.47. The van der Waals surface area contributed by atoms with E-state index in [9.17, 15) is 22.4 Å². The zero-order chi connectivity index (χ0) is 28.4. The zero-order valence-corrected chi connectivity index (χ0v) is 21.6. The summed E-state index contributed by atoms with van der Waals surface area (Å²) in [6.45, 7) is 3.47. The van der Waals surface area contributed by atoms with E-state index in [2.05, 4.69) is 20.1 Å². The fourth-order valence-corrected chi connectivity index (χ4v) is 4.47. The first-order valence-corrected chi connectivity index (χ1v) is 12.6. The summed E-state index contributed by atoms with van der Waals surface area (Å²) in [5.41, 5.74) is 3.26. The molecule has 0 spiro atoms. The number of alkyl halides is 3. The van der Waals surface area contributed by atoms with E-state index in [4.69, 9.17) is 4.84 Å². The number of hydrogen-bond donors (Lipinski definition) is 0. The van der Waals surface area contributed by atoms with Crippen LogP contribution in [0, 0.1) is 12.7 Å². The fraction of sp³-hybridized carbons (Fsp3) is 0.233. The van der Waals surface area contributed by atoms with Crippen LogP contribution in [-0.4, -0.2) is 26.4 Å². The van der Waals surface area contributed by atoms with Gasteiger partial charge in [-0.05, 0) is 55.0 Å². The van der Waals surface area contributed by atoms with Crippen LogP contribution in [0.1, 0.15) is 70.2 Å². The summed E-state index contributed by atoms with van der Waals surface area (Å²) in [4.78, 5) is 31.6. The number of hydrogen-bond acceptors (Lipinski definition) is 6. The molecule has 0 amide bonds. The van der Waals surface area contributed by atoms with Crippen LogP contribution >= 0.6 is 0 Å². The number of carbonyl (C=O) groups is 1. The highest BCUT2D eigenvalue weighted by Crippen LogP contribution is 2.33. The van der Waals surface area contributed by atoms with E-state index in [0.29, 0.717) is 46.8 Å². The molecular formula is C30H24F4N4O2. The molecule has 6 nitrogen and oxygen atoms in total. The number of rotatable bonds is 7. The molecule has 0 saturated heterocycles. The molecule has 0 saturated carbocycles. The molecule has 1 aliphatic heterocycles. The Kier molecular flexibility index (Phi) is 7.42. The van der Waals surface area contributed by atoms with Crippen molar-refractivity contribution in [2.75, 3.05) is 0 Å². The third-order valence-corrected chi connectivity index (χ3v) is 6.64. The lowest BCUT2D eigenvalue weighted by atomic mass is 9.91. The second-order valence-corrected chi connectivity index (χ2v) is 9.73. The number of oxime groups is 1. The minimum absolute atomic E-state index is 0.168. The molecule has 3 aromatic heterocycles. The van der Waals surface area contributed by atoms with Gasteiger partial charge in [0, 0.05) is 54.0 Å². The highest BCUT2D eigenvalue weighted by atomic mass is 19.4. The molecule has 0 radical (unpaired) electrons. The van der Waals surface area contributed by atoms with Crippen LogP contribution in [0.15, 0.2) is 78.3 Å². The molecule has 4 heterocycles. The first-order chi connectivity index (χ1) is 19.1. The Bertz CT molecular complexity index is 1570. The van der Waals surface area contributed by atoms with Crippen molar-refractivity contribution in [1.29, 1.82) is 0 Å². The van der Waals surface area contributed by atoms with Gasteiger partial charge in [-0.1, -0.05) is 24.2 Å². The van der Waals surface area contributed by atoms with Gasteiger partial charge in [0.1, 0.15) is 5.82 Å². The van der Waals surface area contributed by atoms with Crippen LogP contribution in [0.4, 0.5) is 17.6 Å². The van der Waals surface area contributed by atoms with Gasteiger partial charge in [-0.3, -0.25) is 19.7 Å². The Morgan fingerprint density at radius 3 is 2.50 bits per heavy atom. The summed E-state index contributed by atoms with van der Waals surface area (Å²) >= 11 is 0. The van der Waals surface area contributed by atoms with Gasteiger partial charge >= 0.3 is 6.18 Å². The molecule has 0 bridgehead atoms. The molecule has 4 aromatic rings. The van der Waals surface area contributed by atoms with E-state index in [-0.39, 0.29) is 24.0 Å². The molecular weight excluding hydrogens is 524 g/mol. The van der Waals surface area contributed by atoms with Crippen LogP contribution in [0.5, 0.6) is 0 Å². The number of benzene rings is 1. The second kappa shape index (κ2) is 11.0. The average molecular weight is 549 g/mol. The normalized spacial score (nSPS) is 15.8. The molecule has 0 unspecified atom stereocenters. The lowest BCUT2D eigenvalue weighted by Crippen LogP contribution is -2.12. The van der Waals surface area contributed by atoms with Gasteiger partial charge in [0.05, 0.1) is 28.4 Å². The number of aryl methyl sites for hydroxylation is 1. The second-order valence-electron chi connectivity index (χ2n) is 9.73. The monoisotopic (exact) mass is 548 g/mol. The van der Waals surface area contributed by atoms with E-state index in [0.717, 1.165) is 11.3 Å². The number of aromatic nitrogens is 3. The van der Waals surface area contributed by atoms with E-state index >= 15 is 0 Å². The predicted octanol–water partition coefficient (Wildman–Crippen LogP) is 7.25. The zero-order valence-electron chi connectivity index (χ0n) is 21.6. The van der Waals surface area contributed by atoms with Crippen LogP contribution in [0.2, 0.25) is 0 Å². The SMILES string of the molecule is Cc1ccc(-c2cc(C(=O)C[C@H](C)c3ncc(C(F)(F)F)cc3F)cc(C3=NO[C@H](c4ccccn4)C3)c2)nc1. The molecule has 204 valence electrons. The van der Waals surface area contributed by atoms with E-state index in [1.54, 1.807) is 31.5 Å². The lowest BCUT2D eigenvalue weighted by molar-refractivity contribution is -0.138. The van der Waals surface area contributed by atoms with Crippen molar-refractivity contribution >= 4 is 11.5 Å². The minimum atomic E-state index is -4.71. The van der Waals surface area contributed by atoms with E-state index in [1.807, 2.05) is 43.3 Å². The molecule has 1 aromatic carbocycles. The van der Waals surface area contributed by atoms with Gasteiger partial charge in [0.15, 0.2) is 11.9 Å². The molecule has 2 atom stereocenters. The highest BCUT2D eigenvalue weighted by Gasteiger charge is 2.32. The number of pyridine rings is 3. The highest BCUT2D eigenvalue weighted by molar-refractivity contribution is 6.05. The van der Waals surface area contributed by atoms with E-state index in [1.165, 1.54) is 0 Å². The number of ketones is 1. The van der Waals surface area contributed by atoms with Gasteiger partial charge in [-0.2, -0.15) is 13.2 Å². The summed E-state index contributed by atoms with van der Waals surface area (Å²) in [6, 6.07) is 14.9. The van der Waals surface area contributed by atoms with Gasteiger partial charge in [-0.25, -0.2) is 4.39 Å². The van der Waals surface area contributed by atoms with E-state index < -0.39 is 23.5 Å². The Balaban J connectivity index is 1.44. The molecule has 0 fully saturated rings. The minimum Gasteiger partial charge on any atom is -0.385 e. The predicted molar refractivity (Wildman–Crippen MR) is 140 cm³/mol. The Morgan fingerprint density at radius 1 is 1.02 bits per heavy atom. The number of Topliss-reactive ketones (excluding diaryl/α,β-unsaturated/α-hetero) is 1. The van der Waals surface area contributed by atoms with Crippen molar-refractivity contribution in [3.05, 3.63) is 113 Å². The van der Waals surface area contributed by atoms with Crippen LogP contribution < -0.4 is 0 Å². The summed E-state index contributed by atoms with van der Waals surface area (Å²) < 4.78 is 53.3. The quantitative estimate of drug-likeness (QED) is 0.180.